The number of aliphatic imine (C=N–C) groups is 1. The number of piperidine rings is 1. The Morgan fingerprint density at radius 1 is 1.12 bits per heavy atom. The second-order valence-corrected chi connectivity index (χ2v) is 8.07. The molecule has 0 spiro atoms. The third-order valence-corrected chi connectivity index (χ3v) is 4.51. The average Bonchev–Trinajstić information content (AvgIpc) is 2.55. The Balaban J connectivity index is 0.00000625. The molecule has 1 amide bonds. The van der Waals surface area contributed by atoms with Crippen molar-refractivity contribution in [3.05, 3.63) is 0 Å². The van der Waals surface area contributed by atoms with E-state index in [-0.39, 0.29) is 35.3 Å². The fourth-order valence-corrected chi connectivity index (χ4v) is 2.73. The molecule has 0 bridgehead atoms. The van der Waals surface area contributed by atoms with E-state index in [0.717, 1.165) is 37.9 Å². The van der Waals surface area contributed by atoms with Gasteiger partial charge >= 0.3 is 0 Å². The summed E-state index contributed by atoms with van der Waals surface area (Å²) in [6.45, 7) is 16.7. The van der Waals surface area contributed by atoms with Gasteiger partial charge in [-0.3, -0.25) is 9.79 Å². The van der Waals surface area contributed by atoms with Crippen LogP contribution >= 0.6 is 24.0 Å². The van der Waals surface area contributed by atoms with Gasteiger partial charge in [0.25, 0.3) is 0 Å². The minimum absolute atomic E-state index is 0. The Bertz CT molecular complexity index is 415. The fourth-order valence-electron chi connectivity index (χ4n) is 2.73. The number of halogens is 1. The van der Waals surface area contributed by atoms with E-state index in [4.69, 9.17) is 0 Å². The first kappa shape index (κ1) is 25.4. The molecule has 1 heterocycles. The van der Waals surface area contributed by atoms with E-state index < -0.39 is 0 Å². The zero-order valence-electron chi connectivity index (χ0n) is 17.4. The van der Waals surface area contributed by atoms with E-state index in [9.17, 15) is 4.79 Å². The Labute approximate surface area is 177 Å². The normalized spacial score (nSPS) is 16.7. The molecule has 0 aromatic carbocycles. The summed E-state index contributed by atoms with van der Waals surface area (Å²) in [6, 6.07) is 0. The van der Waals surface area contributed by atoms with Crippen molar-refractivity contribution in [2.45, 2.75) is 53.9 Å². The second-order valence-electron chi connectivity index (χ2n) is 8.07. The molecule has 3 N–H and O–H groups in total. The fraction of sp³-hybridized carbons (Fsp3) is 0.895. The summed E-state index contributed by atoms with van der Waals surface area (Å²) in [7, 11) is 0. The van der Waals surface area contributed by atoms with E-state index in [1.165, 1.54) is 25.9 Å². The minimum Gasteiger partial charge on any atom is -0.357 e. The van der Waals surface area contributed by atoms with E-state index in [1.54, 1.807) is 0 Å². The standard InChI is InChI=1S/C19H39N5O.HI/c1-6-20-18(23-12-11-21-17(25)19(3,4)5)22-10-7-13-24-14-8-16(2)9-15-24;/h16H,6-15H2,1-5H3,(H,21,25)(H2,20,22,23);1H. The van der Waals surface area contributed by atoms with Gasteiger partial charge in [-0.1, -0.05) is 27.7 Å². The lowest BCUT2D eigenvalue weighted by Gasteiger charge is -2.29. The molecule has 0 aromatic heterocycles. The van der Waals surface area contributed by atoms with E-state index in [1.807, 2.05) is 20.8 Å². The Kier molecular flexibility index (Phi) is 13.3. The van der Waals surface area contributed by atoms with Crippen LogP contribution in [-0.2, 0) is 4.79 Å². The van der Waals surface area contributed by atoms with Crippen LogP contribution in [0.5, 0.6) is 0 Å². The molecule has 0 unspecified atom stereocenters. The van der Waals surface area contributed by atoms with E-state index in [2.05, 4.69) is 39.7 Å². The number of likely N-dealkylation sites (tertiary alicyclic amines) is 1. The van der Waals surface area contributed by atoms with E-state index in [0.29, 0.717) is 13.1 Å². The predicted molar refractivity (Wildman–Crippen MR) is 121 cm³/mol. The molecule has 0 aliphatic carbocycles. The largest absolute Gasteiger partial charge is 0.357 e. The van der Waals surface area contributed by atoms with Crippen LogP contribution in [0.15, 0.2) is 4.99 Å². The first-order valence-electron chi connectivity index (χ1n) is 9.85. The molecule has 1 fully saturated rings. The molecular weight excluding hydrogens is 441 g/mol. The predicted octanol–water partition coefficient (Wildman–Crippen LogP) is 2.44. The van der Waals surface area contributed by atoms with Gasteiger partial charge in [0, 0.05) is 31.6 Å². The monoisotopic (exact) mass is 481 g/mol. The van der Waals surface area contributed by atoms with Crippen molar-refractivity contribution in [1.29, 1.82) is 0 Å². The molecule has 0 aromatic rings. The highest BCUT2D eigenvalue weighted by Crippen LogP contribution is 2.15. The number of carbonyl (C=O) groups excluding carboxylic acids is 1. The zero-order valence-corrected chi connectivity index (χ0v) is 19.7. The molecule has 0 saturated carbocycles. The first-order valence-corrected chi connectivity index (χ1v) is 9.85. The summed E-state index contributed by atoms with van der Waals surface area (Å²) < 4.78 is 0. The number of carbonyl (C=O) groups is 1. The van der Waals surface area contributed by atoms with Crippen molar-refractivity contribution in [2.24, 2.45) is 16.3 Å². The number of nitrogens with zero attached hydrogens (tertiary/aromatic N) is 2. The number of nitrogens with one attached hydrogen (secondary N) is 3. The van der Waals surface area contributed by atoms with Crippen molar-refractivity contribution in [1.82, 2.24) is 20.9 Å². The summed E-state index contributed by atoms with van der Waals surface area (Å²) >= 11 is 0. The quantitative estimate of drug-likeness (QED) is 0.216. The lowest BCUT2D eigenvalue weighted by Crippen LogP contribution is -2.43. The third kappa shape index (κ3) is 11.2. The van der Waals surface area contributed by atoms with Crippen LogP contribution < -0.4 is 16.0 Å². The Morgan fingerprint density at radius 2 is 1.73 bits per heavy atom. The van der Waals surface area contributed by atoms with E-state index >= 15 is 0 Å². The molecule has 154 valence electrons. The minimum atomic E-state index is -0.342. The van der Waals surface area contributed by atoms with Crippen molar-refractivity contribution >= 4 is 35.8 Å². The maximum atomic E-state index is 11.8. The van der Waals surface area contributed by atoms with Gasteiger partial charge in [-0.05, 0) is 51.7 Å². The highest BCUT2D eigenvalue weighted by molar-refractivity contribution is 14.0. The number of amides is 1. The van der Waals surface area contributed by atoms with Gasteiger partial charge in [-0.15, -0.1) is 24.0 Å². The van der Waals surface area contributed by atoms with Gasteiger partial charge in [0.2, 0.25) is 5.91 Å². The topological polar surface area (TPSA) is 68.8 Å². The van der Waals surface area contributed by atoms with Crippen LogP contribution in [0.3, 0.4) is 0 Å². The van der Waals surface area contributed by atoms with Gasteiger partial charge in [-0.2, -0.15) is 0 Å². The lowest BCUT2D eigenvalue weighted by atomic mass is 9.96. The van der Waals surface area contributed by atoms with Crippen molar-refractivity contribution in [3.8, 4) is 0 Å². The van der Waals surface area contributed by atoms with Crippen LogP contribution in [0, 0.1) is 11.3 Å². The summed E-state index contributed by atoms with van der Waals surface area (Å²) in [5.41, 5.74) is -0.342. The number of rotatable bonds is 8. The SMILES string of the molecule is CCNC(=NCCCN1CCC(C)CC1)NCCNC(=O)C(C)(C)C.I. The van der Waals surface area contributed by atoms with Crippen LogP contribution in [0.1, 0.15) is 53.9 Å². The number of guanidine groups is 1. The molecule has 26 heavy (non-hydrogen) atoms. The van der Waals surface area contributed by atoms with Gasteiger partial charge in [0.05, 0.1) is 0 Å². The molecule has 1 saturated heterocycles. The Hall–Kier alpha value is -0.570. The molecule has 1 aliphatic heterocycles. The van der Waals surface area contributed by atoms with Gasteiger partial charge < -0.3 is 20.9 Å². The molecule has 0 atom stereocenters. The molecule has 6 nitrogen and oxygen atoms in total. The van der Waals surface area contributed by atoms with Gasteiger partial charge in [0.1, 0.15) is 0 Å². The molecule has 7 heteroatoms. The highest BCUT2D eigenvalue weighted by atomic mass is 127. The lowest BCUT2D eigenvalue weighted by molar-refractivity contribution is -0.128. The van der Waals surface area contributed by atoms with Crippen LogP contribution in [-0.4, -0.2) is 62.6 Å². The smallest absolute Gasteiger partial charge is 0.225 e. The van der Waals surface area contributed by atoms with Crippen molar-refractivity contribution in [2.75, 3.05) is 45.8 Å². The number of hydrogen-bond donors (Lipinski definition) is 3. The Morgan fingerprint density at radius 3 is 2.31 bits per heavy atom. The van der Waals surface area contributed by atoms with Crippen molar-refractivity contribution in [3.63, 3.8) is 0 Å². The molecule has 1 rings (SSSR count). The zero-order chi connectivity index (χ0) is 18.7. The highest BCUT2D eigenvalue weighted by Gasteiger charge is 2.20. The summed E-state index contributed by atoms with van der Waals surface area (Å²) in [6.07, 6.45) is 3.74. The maximum absolute atomic E-state index is 11.8. The van der Waals surface area contributed by atoms with Gasteiger partial charge in [-0.25, -0.2) is 0 Å². The van der Waals surface area contributed by atoms with Crippen LogP contribution in [0.2, 0.25) is 0 Å². The second kappa shape index (κ2) is 13.6. The van der Waals surface area contributed by atoms with Crippen LogP contribution in [0.25, 0.3) is 0 Å². The molecule has 0 radical (unpaired) electrons. The summed E-state index contributed by atoms with van der Waals surface area (Å²) in [5.74, 6) is 1.80. The molecule has 1 aliphatic rings. The third-order valence-electron chi connectivity index (χ3n) is 4.51. The van der Waals surface area contributed by atoms with Crippen molar-refractivity contribution < 1.29 is 4.79 Å². The number of hydrogen-bond acceptors (Lipinski definition) is 3. The molecular formula is C19H40IN5O. The average molecular weight is 481 g/mol. The van der Waals surface area contributed by atoms with Crippen LogP contribution in [0.4, 0.5) is 0 Å². The first-order chi connectivity index (χ1) is 11.8. The maximum Gasteiger partial charge on any atom is 0.225 e. The summed E-state index contributed by atoms with van der Waals surface area (Å²) in [4.78, 5) is 19.0. The summed E-state index contributed by atoms with van der Waals surface area (Å²) in [5, 5.41) is 9.48. The van der Waals surface area contributed by atoms with Gasteiger partial charge in [0.15, 0.2) is 5.96 Å².